The van der Waals surface area contributed by atoms with E-state index in [1.807, 2.05) is 20.8 Å². The highest BCUT2D eigenvalue weighted by Gasteiger charge is 2.37. The summed E-state index contributed by atoms with van der Waals surface area (Å²) in [7, 11) is -3.49. The van der Waals surface area contributed by atoms with Crippen LogP contribution in [0, 0.1) is 6.92 Å². The zero-order chi connectivity index (χ0) is 14.8. The molecule has 0 radical (unpaired) electrons. The lowest BCUT2D eigenvalue weighted by Gasteiger charge is -2.22. The number of hydrogen-bond donors (Lipinski definition) is 2. The Hall–Kier alpha value is -0.920. The van der Waals surface area contributed by atoms with Crippen LogP contribution in [0.3, 0.4) is 0 Å². The number of hydrogen-bond acceptors (Lipinski definition) is 4. The van der Waals surface area contributed by atoms with Crippen molar-refractivity contribution >= 4 is 10.0 Å². The van der Waals surface area contributed by atoms with E-state index in [4.69, 9.17) is 0 Å². The summed E-state index contributed by atoms with van der Waals surface area (Å²) in [5.41, 5.74) is 1.57. The van der Waals surface area contributed by atoms with Crippen molar-refractivity contribution in [1.82, 2.24) is 19.8 Å². The Morgan fingerprint density at radius 2 is 2.20 bits per heavy atom. The summed E-state index contributed by atoms with van der Waals surface area (Å²) >= 11 is 0. The molecule has 1 aromatic heterocycles. The minimum Gasteiger partial charge on any atom is -0.313 e. The third kappa shape index (κ3) is 2.75. The van der Waals surface area contributed by atoms with Gasteiger partial charge in [0.05, 0.1) is 0 Å². The molecule has 0 saturated carbocycles. The predicted molar refractivity (Wildman–Crippen MR) is 77.9 cm³/mol. The van der Waals surface area contributed by atoms with Gasteiger partial charge in [-0.3, -0.25) is 5.10 Å². The fourth-order valence-corrected chi connectivity index (χ4v) is 4.68. The second-order valence-corrected chi connectivity index (χ2v) is 7.04. The molecule has 2 rings (SSSR count). The highest BCUT2D eigenvalue weighted by molar-refractivity contribution is 7.89. The summed E-state index contributed by atoms with van der Waals surface area (Å²) in [6.07, 6.45) is 2.73. The molecule has 0 aliphatic carbocycles. The number of nitrogens with zero attached hydrogens (tertiary/aromatic N) is 2. The van der Waals surface area contributed by atoms with Gasteiger partial charge in [0.2, 0.25) is 0 Å². The first-order valence-electron chi connectivity index (χ1n) is 7.28. The average molecular weight is 300 g/mol. The summed E-state index contributed by atoms with van der Waals surface area (Å²) < 4.78 is 27.3. The largest absolute Gasteiger partial charge is 0.313 e. The molecular formula is C13H24N4O2S. The number of rotatable bonds is 6. The highest BCUT2D eigenvalue weighted by Crippen LogP contribution is 2.29. The Balaban J connectivity index is 2.34. The second-order valence-electron chi connectivity index (χ2n) is 5.23. The lowest BCUT2D eigenvalue weighted by Crippen LogP contribution is -2.36. The van der Waals surface area contributed by atoms with Crippen molar-refractivity contribution in [2.24, 2.45) is 0 Å². The van der Waals surface area contributed by atoms with Gasteiger partial charge in [0.15, 0.2) is 5.03 Å². The molecule has 6 nitrogen and oxygen atoms in total. The molecule has 2 heterocycles. The van der Waals surface area contributed by atoms with Crippen LogP contribution in [0.2, 0.25) is 0 Å². The number of H-pyrrole nitrogens is 1. The van der Waals surface area contributed by atoms with Crippen LogP contribution in [0.5, 0.6) is 0 Å². The van der Waals surface area contributed by atoms with E-state index in [9.17, 15) is 8.42 Å². The van der Waals surface area contributed by atoms with E-state index >= 15 is 0 Å². The van der Waals surface area contributed by atoms with Gasteiger partial charge in [0, 0.05) is 30.4 Å². The fraction of sp³-hybridized carbons (Fsp3) is 0.769. The van der Waals surface area contributed by atoms with Crippen LogP contribution in [0.25, 0.3) is 0 Å². The molecule has 2 N–H and O–H groups in total. The van der Waals surface area contributed by atoms with Gasteiger partial charge in [-0.25, -0.2) is 8.42 Å². The minimum absolute atomic E-state index is 0.115. The van der Waals surface area contributed by atoms with Crippen LogP contribution in [-0.4, -0.2) is 42.1 Å². The number of sulfonamides is 1. The Morgan fingerprint density at radius 1 is 1.45 bits per heavy atom. The maximum absolute atomic E-state index is 12.8. The first kappa shape index (κ1) is 15.5. The Labute approximate surface area is 121 Å². The van der Waals surface area contributed by atoms with E-state index in [1.54, 1.807) is 4.31 Å². The van der Waals surface area contributed by atoms with Crippen LogP contribution >= 0.6 is 0 Å². The minimum atomic E-state index is -3.49. The van der Waals surface area contributed by atoms with Crippen molar-refractivity contribution in [1.29, 1.82) is 0 Å². The van der Waals surface area contributed by atoms with E-state index in [0.29, 0.717) is 13.1 Å². The molecule has 1 atom stereocenters. The molecule has 0 amide bonds. The van der Waals surface area contributed by atoms with Gasteiger partial charge < -0.3 is 5.32 Å². The predicted octanol–water partition coefficient (Wildman–Crippen LogP) is 1.39. The van der Waals surface area contributed by atoms with Gasteiger partial charge >= 0.3 is 0 Å². The number of nitrogens with one attached hydrogen (secondary N) is 2. The smallest absolute Gasteiger partial charge is 0.262 e. The second kappa shape index (κ2) is 6.24. The molecular weight excluding hydrogens is 276 g/mol. The zero-order valence-corrected chi connectivity index (χ0v) is 13.3. The van der Waals surface area contributed by atoms with Gasteiger partial charge in [0.25, 0.3) is 10.0 Å². The van der Waals surface area contributed by atoms with E-state index in [-0.39, 0.29) is 11.1 Å². The maximum Gasteiger partial charge on any atom is 0.262 e. The number of aromatic nitrogens is 2. The zero-order valence-electron chi connectivity index (χ0n) is 12.4. The number of aryl methyl sites for hydroxylation is 1. The molecule has 0 spiro atoms. The van der Waals surface area contributed by atoms with Crippen molar-refractivity contribution in [2.75, 3.05) is 13.1 Å². The third-order valence-corrected chi connectivity index (χ3v) is 5.86. The Morgan fingerprint density at radius 3 is 2.85 bits per heavy atom. The van der Waals surface area contributed by atoms with Gasteiger partial charge in [-0.15, -0.1) is 0 Å². The summed E-state index contributed by atoms with van der Waals surface area (Å²) in [5, 5.41) is 10.2. The van der Waals surface area contributed by atoms with Crippen LogP contribution in [0.15, 0.2) is 5.03 Å². The topological polar surface area (TPSA) is 78.1 Å². The van der Waals surface area contributed by atoms with E-state index in [2.05, 4.69) is 15.5 Å². The SMILES string of the molecule is CCNCc1c(S(=O)(=O)N2CCCC2CC)n[nH]c1C. The van der Waals surface area contributed by atoms with Gasteiger partial charge in [-0.1, -0.05) is 13.8 Å². The van der Waals surface area contributed by atoms with Crippen molar-refractivity contribution in [3.8, 4) is 0 Å². The van der Waals surface area contributed by atoms with E-state index < -0.39 is 10.0 Å². The van der Waals surface area contributed by atoms with E-state index in [0.717, 1.165) is 37.1 Å². The standard InChI is InChI=1S/C13H24N4O2S/c1-4-11-7-6-8-17(11)20(18,19)13-12(9-14-5-2)10(3)15-16-13/h11,14H,4-9H2,1-3H3,(H,15,16). The lowest BCUT2D eigenvalue weighted by molar-refractivity contribution is 0.377. The first-order chi connectivity index (χ1) is 9.52. The van der Waals surface area contributed by atoms with Gasteiger partial charge in [-0.05, 0) is 32.7 Å². The summed E-state index contributed by atoms with van der Waals surface area (Å²) in [4.78, 5) is 0. The van der Waals surface area contributed by atoms with Gasteiger partial charge in [-0.2, -0.15) is 9.40 Å². The van der Waals surface area contributed by atoms with Crippen LogP contribution in [0.1, 0.15) is 44.4 Å². The first-order valence-corrected chi connectivity index (χ1v) is 8.72. The van der Waals surface area contributed by atoms with Crippen molar-refractivity contribution in [3.63, 3.8) is 0 Å². The third-order valence-electron chi connectivity index (χ3n) is 3.94. The normalized spacial score (nSPS) is 20.6. The average Bonchev–Trinajstić information content (AvgIpc) is 3.03. The molecule has 1 unspecified atom stereocenters. The lowest BCUT2D eigenvalue weighted by atomic mass is 10.2. The summed E-state index contributed by atoms with van der Waals surface area (Å²) in [5.74, 6) is 0. The quantitative estimate of drug-likeness (QED) is 0.832. The molecule has 7 heteroatoms. The summed E-state index contributed by atoms with van der Waals surface area (Å²) in [6.45, 7) is 7.82. The van der Waals surface area contributed by atoms with Crippen LogP contribution in [0.4, 0.5) is 0 Å². The molecule has 0 bridgehead atoms. The van der Waals surface area contributed by atoms with Crippen molar-refractivity contribution in [2.45, 2.75) is 57.6 Å². The molecule has 1 saturated heterocycles. The Bertz CT molecular complexity index is 553. The summed E-state index contributed by atoms with van der Waals surface area (Å²) in [6, 6.07) is 0.115. The molecule has 1 aliphatic rings. The van der Waals surface area contributed by atoms with Crippen LogP contribution < -0.4 is 5.32 Å². The molecule has 114 valence electrons. The fourth-order valence-electron chi connectivity index (χ4n) is 2.75. The monoisotopic (exact) mass is 300 g/mol. The molecule has 1 aromatic rings. The Kier molecular flexibility index (Phi) is 4.82. The molecule has 20 heavy (non-hydrogen) atoms. The molecule has 0 aromatic carbocycles. The van der Waals surface area contributed by atoms with Crippen molar-refractivity contribution in [3.05, 3.63) is 11.3 Å². The maximum atomic E-state index is 12.8. The number of aromatic amines is 1. The van der Waals surface area contributed by atoms with Crippen molar-refractivity contribution < 1.29 is 8.42 Å². The van der Waals surface area contributed by atoms with Crippen LogP contribution in [-0.2, 0) is 16.6 Å². The van der Waals surface area contributed by atoms with Gasteiger partial charge in [0.1, 0.15) is 0 Å². The molecule has 1 fully saturated rings. The highest BCUT2D eigenvalue weighted by atomic mass is 32.2. The molecule has 1 aliphatic heterocycles. The van der Waals surface area contributed by atoms with E-state index in [1.165, 1.54) is 0 Å².